The lowest BCUT2D eigenvalue weighted by Crippen LogP contribution is -2.02. The zero-order chi connectivity index (χ0) is 14.7. The van der Waals surface area contributed by atoms with E-state index in [-0.39, 0.29) is 12.4 Å². The molecule has 2 aromatic rings. The number of halogens is 1. The largest absolute Gasteiger partial charge is 0.488 e. The monoisotopic (exact) mass is 269 g/mol. The van der Waals surface area contributed by atoms with Gasteiger partial charge >= 0.3 is 0 Å². The second-order valence-electron chi connectivity index (χ2n) is 4.86. The molecule has 0 aliphatic rings. The standard InChI is InChI=1S/C17H16FNO/c1-11-4-5-12(2)17(13(11)3)20-10-15-8-14(9-19)6-7-16(15)18/h4-8H,10H2,1-3H3. The maximum atomic E-state index is 13.7. The molecule has 0 saturated carbocycles. The fraction of sp³-hybridized carbons (Fsp3) is 0.235. The van der Waals surface area contributed by atoms with E-state index in [1.54, 1.807) is 0 Å². The molecule has 0 unspecified atom stereocenters. The van der Waals surface area contributed by atoms with Gasteiger partial charge < -0.3 is 4.74 Å². The van der Waals surface area contributed by atoms with Crippen LogP contribution in [-0.2, 0) is 6.61 Å². The third-order valence-corrected chi connectivity index (χ3v) is 3.42. The number of hydrogen-bond acceptors (Lipinski definition) is 2. The Balaban J connectivity index is 2.26. The van der Waals surface area contributed by atoms with Crippen LogP contribution in [-0.4, -0.2) is 0 Å². The third kappa shape index (κ3) is 2.80. The zero-order valence-electron chi connectivity index (χ0n) is 11.8. The van der Waals surface area contributed by atoms with Crippen molar-refractivity contribution in [2.75, 3.05) is 0 Å². The van der Waals surface area contributed by atoms with Gasteiger partial charge in [-0.2, -0.15) is 5.26 Å². The molecule has 2 nitrogen and oxygen atoms in total. The summed E-state index contributed by atoms with van der Waals surface area (Å²) in [5.74, 6) is 0.429. The van der Waals surface area contributed by atoms with E-state index in [0.29, 0.717) is 11.1 Å². The van der Waals surface area contributed by atoms with Gasteiger partial charge in [0.1, 0.15) is 18.2 Å². The van der Waals surface area contributed by atoms with Crippen molar-refractivity contribution >= 4 is 0 Å². The fourth-order valence-electron chi connectivity index (χ4n) is 2.05. The summed E-state index contributed by atoms with van der Waals surface area (Å²) in [5.41, 5.74) is 4.04. The Kier molecular flexibility index (Phi) is 4.05. The molecule has 3 heteroatoms. The topological polar surface area (TPSA) is 33.0 Å². The van der Waals surface area contributed by atoms with E-state index in [9.17, 15) is 4.39 Å². The molecule has 0 amide bonds. The lowest BCUT2D eigenvalue weighted by molar-refractivity contribution is 0.295. The Hall–Kier alpha value is -2.34. The van der Waals surface area contributed by atoms with Crippen molar-refractivity contribution < 1.29 is 9.13 Å². The van der Waals surface area contributed by atoms with Gasteiger partial charge in [-0.3, -0.25) is 0 Å². The van der Waals surface area contributed by atoms with Gasteiger partial charge in [-0.1, -0.05) is 12.1 Å². The highest BCUT2D eigenvalue weighted by atomic mass is 19.1. The van der Waals surface area contributed by atoms with Crippen molar-refractivity contribution in [2.24, 2.45) is 0 Å². The molecule has 0 radical (unpaired) electrons. The first-order valence-electron chi connectivity index (χ1n) is 6.41. The van der Waals surface area contributed by atoms with Crippen LogP contribution in [0.5, 0.6) is 5.75 Å². The van der Waals surface area contributed by atoms with Crippen molar-refractivity contribution in [1.29, 1.82) is 5.26 Å². The summed E-state index contributed by atoms with van der Waals surface area (Å²) >= 11 is 0. The molecule has 0 spiro atoms. The van der Waals surface area contributed by atoms with Crippen LogP contribution in [0.3, 0.4) is 0 Å². The van der Waals surface area contributed by atoms with Gasteiger partial charge in [-0.05, 0) is 55.7 Å². The van der Waals surface area contributed by atoms with Crippen LogP contribution in [0, 0.1) is 37.9 Å². The summed E-state index contributed by atoms with van der Waals surface area (Å²) in [7, 11) is 0. The average molecular weight is 269 g/mol. The number of ether oxygens (including phenoxy) is 1. The molecular formula is C17H16FNO. The quantitative estimate of drug-likeness (QED) is 0.836. The van der Waals surface area contributed by atoms with Crippen molar-refractivity contribution in [3.05, 3.63) is 64.0 Å². The molecule has 0 aromatic heterocycles. The second kappa shape index (κ2) is 5.75. The summed E-state index contributed by atoms with van der Waals surface area (Å²) in [6, 6.07) is 10.3. The molecule has 2 aromatic carbocycles. The molecule has 20 heavy (non-hydrogen) atoms. The van der Waals surface area contributed by atoms with E-state index in [1.807, 2.05) is 39.0 Å². The summed E-state index contributed by atoms with van der Waals surface area (Å²) in [6.45, 7) is 6.08. The van der Waals surface area contributed by atoms with Gasteiger partial charge in [0.25, 0.3) is 0 Å². The minimum absolute atomic E-state index is 0.118. The number of rotatable bonds is 3. The summed E-state index contributed by atoms with van der Waals surface area (Å²) < 4.78 is 19.5. The maximum Gasteiger partial charge on any atom is 0.129 e. The number of nitrogens with zero attached hydrogens (tertiary/aromatic N) is 1. The number of aryl methyl sites for hydroxylation is 2. The molecule has 102 valence electrons. The highest BCUT2D eigenvalue weighted by Gasteiger charge is 2.09. The SMILES string of the molecule is Cc1ccc(C)c(OCc2cc(C#N)ccc2F)c1C. The lowest BCUT2D eigenvalue weighted by Gasteiger charge is -2.14. The molecule has 2 rings (SSSR count). The Morgan fingerprint density at radius 1 is 1.10 bits per heavy atom. The van der Waals surface area contributed by atoms with Crippen LogP contribution in [0.1, 0.15) is 27.8 Å². The van der Waals surface area contributed by atoms with E-state index in [4.69, 9.17) is 10.00 Å². The molecule has 0 atom stereocenters. The first-order valence-corrected chi connectivity index (χ1v) is 6.41. The number of hydrogen-bond donors (Lipinski definition) is 0. The lowest BCUT2D eigenvalue weighted by atomic mass is 10.1. The highest BCUT2D eigenvalue weighted by molar-refractivity contribution is 5.44. The molecule has 0 fully saturated rings. The number of benzene rings is 2. The van der Waals surface area contributed by atoms with E-state index in [1.165, 1.54) is 18.2 Å². The molecular weight excluding hydrogens is 253 g/mol. The first kappa shape index (κ1) is 14.1. The Bertz CT molecular complexity index is 686. The third-order valence-electron chi connectivity index (χ3n) is 3.42. The maximum absolute atomic E-state index is 13.7. The number of nitriles is 1. The van der Waals surface area contributed by atoms with Gasteiger partial charge in [0, 0.05) is 5.56 Å². The first-order chi connectivity index (χ1) is 9.52. The summed E-state index contributed by atoms with van der Waals surface area (Å²) in [4.78, 5) is 0. The van der Waals surface area contributed by atoms with Crippen molar-refractivity contribution in [1.82, 2.24) is 0 Å². The molecule has 0 N–H and O–H groups in total. The smallest absolute Gasteiger partial charge is 0.129 e. The summed E-state index contributed by atoms with van der Waals surface area (Å²) in [5, 5.41) is 8.85. The fourth-order valence-corrected chi connectivity index (χ4v) is 2.05. The van der Waals surface area contributed by atoms with Crippen LogP contribution in [0.15, 0.2) is 30.3 Å². The van der Waals surface area contributed by atoms with Crippen LogP contribution in [0.25, 0.3) is 0 Å². The van der Waals surface area contributed by atoms with Gasteiger partial charge in [0.15, 0.2) is 0 Å². The van der Waals surface area contributed by atoms with Crippen molar-refractivity contribution in [3.8, 4) is 11.8 Å². The van der Waals surface area contributed by atoms with Gasteiger partial charge in [-0.25, -0.2) is 4.39 Å². The van der Waals surface area contributed by atoms with Crippen LogP contribution < -0.4 is 4.74 Å². The molecule has 0 saturated heterocycles. The minimum atomic E-state index is -0.355. The zero-order valence-corrected chi connectivity index (χ0v) is 11.8. The van der Waals surface area contributed by atoms with Gasteiger partial charge in [-0.15, -0.1) is 0 Å². The molecule has 0 heterocycles. The highest BCUT2D eigenvalue weighted by Crippen LogP contribution is 2.27. The predicted molar refractivity (Wildman–Crippen MR) is 76.1 cm³/mol. The molecule has 0 aliphatic carbocycles. The van der Waals surface area contributed by atoms with Crippen molar-refractivity contribution in [2.45, 2.75) is 27.4 Å². The summed E-state index contributed by atoms with van der Waals surface area (Å²) in [6.07, 6.45) is 0. The van der Waals surface area contributed by atoms with E-state index in [2.05, 4.69) is 0 Å². The van der Waals surface area contributed by atoms with Crippen LogP contribution in [0.2, 0.25) is 0 Å². The van der Waals surface area contributed by atoms with Crippen molar-refractivity contribution in [3.63, 3.8) is 0 Å². The Morgan fingerprint density at radius 2 is 1.80 bits per heavy atom. The van der Waals surface area contributed by atoms with E-state index >= 15 is 0 Å². The average Bonchev–Trinajstić information content (AvgIpc) is 2.45. The predicted octanol–water partition coefficient (Wildman–Crippen LogP) is 4.20. The van der Waals surface area contributed by atoms with Gasteiger partial charge in [0.05, 0.1) is 11.6 Å². The van der Waals surface area contributed by atoms with E-state index < -0.39 is 0 Å². The normalized spacial score (nSPS) is 10.2. The van der Waals surface area contributed by atoms with Crippen LogP contribution in [0.4, 0.5) is 4.39 Å². The Labute approximate surface area is 118 Å². The second-order valence-corrected chi connectivity index (χ2v) is 4.86. The molecule has 0 bridgehead atoms. The minimum Gasteiger partial charge on any atom is -0.488 e. The van der Waals surface area contributed by atoms with Gasteiger partial charge in [0.2, 0.25) is 0 Å². The van der Waals surface area contributed by atoms with E-state index in [0.717, 1.165) is 22.4 Å². The molecule has 0 aliphatic heterocycles. The Morgan fingerprint density at radius 3 is 2.50 bits per heavy atom. The van der Waals surface area contributed by atoms with Crippen LogP contribution >= 0.6 is 0 Å².